The molecule has 0 aromatic heterocycles. The number of hydrogen-bond acceptors (Lipinski definition) is 2. The van der Waals surface area contributed by atoms with Crippen molar-refractivity contribution in [3.8, 4) is 0 Å². The molecular formula is C36H31NS. The quantitative estimate of drug-likeness (QED) is 0.344. The van der Waals surface area contributed by atoms with Gasteiger partial charge in [0.05, 0.1) is 0 Å². The highest BCUT2D eigenvalue weighted by Gasteiger charge is 2.15. The van der Waals surface area contributed by atoms with Crippen LogP contribution in [0.2, 0.25) is 0 Å². The predicted octanol–water partition coefficient (Wildman–Crippen LogP) is 9.90. The molecule has 0 N–H and O–H groups in total. The van der Waals surface area contributed by atoms with Crippen molar-refractivity contribution in [3.63, 3.8) is 0 Å². The summed E-state index contributed by atoms with van der Waals surface area (Å²) in [5, 5.41) is 2.17. The highest BCUT2D eigenvalue weighted by Crippen LogP contribution is 2.39. The highest BCUT2D eigenvalue weighted by atomic mass is 32.2. The van der Waals surface area contributed by atoms with Crippen molar-refractivity contribution in [1.29, 1.82) is 0 Å². The molecule has 0 bridgehead atoms. The van der Waals surface area contributed by atoms with E-state index in [2.05, 4.69) is 133 Å². The van der Waals surface area contributed by atoms with Gasteiger partial charge in [-0.05, 0) is 93.2 Å². The van der Waals surface area contributed by atoms with E-state index in [9.17, 15) is 0 Å². The lowest BCUT2D eigenvalue weighted by atomic mass is 9.95. The molecule has 3 aromatic rings. The van der Waals surface area contributed by atoms with E-state index in [1.165, 1.54) is 21.6 Å². The summed E-state index contributed by atoms with van der Waals surface area (Å²) in [4.78, 5) is 3.37. The van der Waals surface area contributed by atoms with Gasteiger partial charge >= 0.3 is 0 Å². The van der Waals surface area contributed by atoms with Crippen LogP contribution in [-0.4, -0.2) is 0 Å². The number of rotatable bonds is 4. The summed E-state index contributed by atoms with van der Waals surface area (Å²) in [5.74, 6) is 0. The van der Waals surface area contributed by atoms with Gasteiger partial charge in [-0.25, -0.2) is 0 Å². The maximum Gasteiger partial charge on any atom is 0.0449 e. The Hall–Kier alpha value is -4.27. The number of thioether (sulfide) groups is 1. The first-order chi connectivity index (χ1) is 18.6. The van der Waals surface area contributed by atoms with Gasteiger partial charge in [-0.1, -0.05) is 110 Å². The molecule has 0 spiro atoms. The van der Waals surface area contributed by atoms with Crippen LogP contribution in [0.25, 0.3) is 11.1 Å². The second kappa shape index (κ2) is 11.9. The summed E-state index contributed by atoms with van der Waals surface area (Å²) in [6, 6.07) is 25.8. The van der Waals surface area contributed by atoms with Gasteiger partial charge in [0.2, 0.25) is 0 Å². The van der Waals surface area contributed by atoms with Gasteiger partial charge in [0.15, 0.2) is 0 Å². The lowest BCUT2D eigenvalue weighted by Gasteiger charge is -2.18. The van der Waals surface area contributed by atoms with Crippen LogP contribution in [0.1, 0.15) is 28.7 Å². The number of fused-ring (bicyclic) bond motifs is 1. The van der Waals surface area contributed by atoms with Crippen molar-refractivity contribution < 1.29 is 0 Å². The summed E-state index contributed by atoms with van der Waals surface area (Å²) in [6.45, 7) is 12.9. The third-order valence-electron chi connectivity index (χ3n) is 6.65. The third kappa shape index (κ3) is 5.99. The predicted molar refractivity (Wildman–Crippen MR) is 167 cm³/mol. The van der Waals surface area contributed by atoms with Gasteiger partial charge in [-0.3, -0.25) is 0 Å². The number of allylic oxidation sites excluding steroid dienone is 10. The van der Waals surface area contributed by atoms with E-state index >= 15 is 0 Å². The Morgan fingerprint density at radius 3 is 2.29 bits per heavy atom. The topological polar surface area (TPSA) is 3.24 Å². The lowest BCUT2D eigenvalue weighted by Crippen LogP contribution is -2.07. The minimum Gasteiger partial charge on any atom is -0.324 e. The molecule has 0 saturated heterocycles. The van der Waals surface area contributed by atoms with Crippen molar-refractivity contribution in [2.24, 2.45) is 0 Å². The van der Waals surface area contributed by atoms with Gasteiger partial charge in [0.25, 0.3) is 0 Å². The number of benzene rings is 3. The zero-order valence-electron chi connectivity index (χ0n) is 21.5. The summed E-state index contributed by atoms with van der Waals surface area (Å²) >= 11 is 1.75. The Morgan fingerprint density at radius 1 is 0.711 bits per heavy atom. The van der Waals surface area contributed by atoms with Crippen LogP contribution in [0.5, 0.6) is 0 Å². The van der Waals surface area contributed by atoms with Crippen LogP contribution in [0.4, 0.5) is 5.69 Å². The van der Waals surface area contributed by atoms with E-state index < -0.39 is 0 Å². The fraction of sp³-hybridized carbons (Fsp3) is 0.0556. The zero-order chi connectivity index (χ0) is 26.3. The molecule has 5 rings (SSSR count). The molecule has 2 aliphatic heterocycles. The van der Waals surface area contributed by atoms with E-state index in [-0.39, 0.29) is 0 Å². The molecule has 2 heteroatoms. The molecule has 3 aromatic carbocycles. The highest BCUT2D eigenvalue weighted by molar-refractivity contribution is 8.02. The van der Waals surface area contributed by atoms with Crippen molar-refractivity contribution in [1.82, 2.24) is 0 Å². The van der Waals surface area contributed by atoms with Crippen LogP contribution in [0, 0.1) is 0 Å². The average molecular weight is 510 g/mol. The normalized spacial score (nSPS) is 19.5. The summed E-state index contributed by atoms with van der Waals surface area (Å²) in [7, 11) is 0. The van der Waals surface area contributed by atoms with Gasteiger partial charge in [0.1, 0.15) is 0 Å². The molecule has 0 aliphatic carbocycles. The number of anilines is 1. The molecule has 1 nitrogen and oxygen atoms in total. The Balaban J connectivity index is 1.51. The van der Waals surface area contributed by atoms with Gasteiger partial charge in [-0.2, -0.15) is 0 Å². The molecule has 38 heavy (non-hydrogen) atoms. The van der Waals surface area contributed by atoms with E-state index in [0.29, 0.717) is 0 Å². The average Bonchev–Trinajstić information content (AvgIpc) is 3.15. The largest absolute Gasteiger partial charge is 0.324 e. The van der Waals surface area contributed by atoms with Crippen molar-refractivity contribution in [3.05, 3.63) is 180 Å². The molecule has 0 amide bonds. The van der Waals surface area contributed by atoms with E-state index in [1.807, 2.05) is 18.2 Å². The van der Waals surface area contributed by atoms with Crippen molar-refractivity contribution >= 4 is 28.6 Å². The summed E-state index contributed by atoms with van der Waals surface area (Å²) < 4.78 is 0. The van der Waals surface area contributed by atoms with E-state index in [0.717, 1.165) is 46.4 Å². The van der Waals surface area contributed by atoms with Crippen molar-refractivity contribution in [2.75, 3.05) is 4.90 Å². The number of nitrogens with zero attached hydrogens (tertiary/aromatic N) is 1. The fourth-order valence-corrected chi connectivity index (χ4v) is 5.48. The Kier molecular flexibility index (Phi) is 7.92. The first-order valence-electron chi connectivity index (χ1n) is 12.8. The molecule has 186 valence electrons. The Labute approximate surface area is 230 Å². The van der Waals surface area contributed by atoms with Crippen LogP contribution in [0.15, 0.2) is 163 Å². The molecule has 0 saturated carbocycles. The molecule has 2 aliphatic rings. The molecule has 0 unspecified atom stereocenters. The van der Waals surface area contributed by atoms with Crippen molar-refractivity contribution in [2.45, 2.75) is 17.7 Å². The first-order valence-corrected chi connectivity index (χ1v) is 13.6. The molecule has 0 radical (unpaired) electrons. The fourth-order valence-electron chi connectivity index (χ4n) is 4.50. The monoisotopic (exact) mass is 509 g/mol. The summed E-state index contributed by atoms with van der Waals surface area (Å²) in [6.07, 6.45) is 18.5. The minimum absolute atomic E-state index is 0.867. The molecule has 0 fully saturated rings. The number of hydrogen-bond donors (Lipinski definition) is 0. The molecule has 2 heterocycles. The molecule has 0 atom stereocenters. The standard InChI is InChI=1S/C36H31NS/c1-27-11-7-8-22-37(33-19-17-31(18-20-33)26-30-13-5-4-6-14-30)23-21-32(25-29(27)3)35-16-9-15-34-28(2)12-10-24-38-36(34)35/h4-11,13-25H,1-3,12,26H2/b11-7-,22-8-,23-21-,32-25+. The maximum atomic E-state index is 4.33. The van der Waals surface area contributed by atoms with E-state index in [4.69, 9.17) is 0 Å². The van der Waals surface area contributed by atoms with Crippen LogP contribution >= 0.6 is 11.8 Å². The smallest absolute Gasteiger partial charge is 0.0449 e. The second-order valence-electron chi connectivity index (χ2n) is 9.38. The maximum absolute atomic E-state index is 4.33. The zero-order valence-corrected chi connectivity index (χ0v) is 22.3. The second-order valence-corrected chi connectivity index (χ2v) is 10.3. The van der Waals surface area contributed by atoms with Gasteiger partial charge in [0, 0.05) is 23.0 Å². The van der Waals surface area contributed by atoms with E-state index in [1.54, 1.807) is 11.8 Å². The van der Waals surface area contributed by atoms with Crippen LogP contribution < -0.4 is 4.90 Å². The van der Waals surface area contributed by atoms with Gasteiger partial charge < -0.3 is 4.90 Å². The summed E-state index contributed by atoms with van der Waals surface area (Å²) in [5.41, 5.74) is 10.1. The molecular weight excluding hydrogens is 478 g/mol. The van der Waals surface area contributed by atoms with Crippen LogP contribution in [0.3, 0.4) is 0 Å². The van der Waals surface area contributed by atoms with Gasteiger partial charge in [-0.15, -0.1) is 0 Å². The SMILES string of the molecule is C=C1/C=C\C=C/N(c2ccc(Cc3ccccc3)cc2)/C=C\C(c2cccc3c2SC=CCC3=C)=C/C1=C. The van der Waals surface area contributed by atoms with Crippen LogP contribution in [-0.2, 0) is 6.42 Å². The third-order valence-corrected chi connectivity index (χ3v) is 7.65. The minimum atomic E-state index is 0.867. The first kappa shape index (κ1) is 25.4. The lowest BCUT2D eigenvalue weighted by molar-refractivity contribution is 1.18. The Bertz CT molecular complexity index is 1510. The Morgan fingerprint density at radius 2 is 1.47 bits per heavy atom.